The Bertz CT molecular complexity index is 994. The van der Waals surface area contributed by atoms with E-state index in [4.69, 9.17) is 28.5 Å². The molecule has 0 aliphatic heterocycles. The molecule has 1 amide bonds. The second kappa shape index (κ2) is 7.87. The van der Waals surface area contributed by atoms with Crippen molar-refractivity contribution in [1.82, 2.24) is 4.98 Å². The molecular formula is C19H12Cl2N4O. The highest BCUT2D eigenvalue weighted by atomic mass is 35.5. The lowest BCUT2D eigenvalue weighted by molar-refractivity contribution is 0.102. The third-order valence-electron chi connectivity index (χ3n) is 3.44. The normalized spacial score (nSPS) is 10.0. The summed E-state index contributed by atoms with van der Waals surface area (Å²) in [5.41, 5.74) is 2.47. The third kappa shape index (κ3) is 4.31. The highest BCUT2D eigenvalue weighted by molar-refractivity contribution is 6.35. The topological polar surface area (TPSA) is 77.8 Å². The number of hydrogen-bond donors (Lipinski definition) is 2. The molecule has 128 valence electrons. The summed E-state index contributed by atoms with van der Waals surface area (Å²) in [5, 5.41) is 15.8. The van der Waals surface area contributed by atoms with E-state index in [0.717, 1.165) is 0 Å². The molecule has 3 rings (SSSR count). The number of anilines is 3. The number of pyridine rings is 1. The lowest BCUT2D eigenvalue weighted by Gasteiger charge is -2.10. The first-order valence-corrected chi connectivity index (χ1v) is 8.30. The molecule has 0 bridgehead atoms. The molecule has 0 aliphatic rings. The Hall–Kier alpha value is -3.07. The highest BCUT2D eigenvalue weighted by Crippen LogP contribution is 2.24. The van der Waals surface area contributed by atoms with E-state index < -0.39 is 5.91 Å². The van der Waals surface area contributed by atoms with Gasteiger partial charge in [-0.1, -0.05) is 35.3 Å². The van der Waals surface area contributed by atoms with Crippen molar-refractivity contribution in [1.29, 1.82) is 5.26 Å². The van der Waals surface area contributed by atoms with E-state index in [-0.39, 0.29) is 5.69 Å². The number of para-hydroxylation sites is 1. The fourth-order valence-corrected chi connectivity index (χ4v) is 2.82. The van der Waals surface area contributed by atoms with Gasteiger partial charge in [0, 0.05) is 27.6 Å². The van der Waals surface area contributed by atoms with Crippen LogP contribution in [0.25, 0.3) is 0 Å². The number of hydrogen-bond acceptors (Lipinski definition) is 4. The minimum atomic E-state index is -0.402. The number of aromatic nitrogens is 1. The number of halogens is 2. The second-order valence-corrected chi connectivity index (χ2v) is 6.20. The Morgan fingerprint density at radius 1 is 1.00 bits per heavy atom. The number of carbonyl (C=O) groups is 1. The van der Waals surface area contributed by atoms with Crippen molar-refractivity contribution < 1.29 is 4.79 Å². The second-order valence-electron chi connectivity index (χ2n) is 5.32. The van der Waals surface area contributed by atoms with Gasteiger partial charge >= 0.3 is 0 Å². The fraction of sp³-hybridized carbons (Fsp3) is 0. The number of nitrogens with zero attached hydrogens (tertiary/aromatic N) is 2. The molecule has 0 saturated carbocycles. The molecule has 2 N–H and O–H groups in total. The highest BCUT2D eigenvalue weighted by Gasteiger charge is 2.10. The monoisotopic (exact) mass is 382 g/mol. The van der Waals surface area contributed by atoms with Gasteiger partial charge in [-0.05, 0) is 42.5 Å². The van der Waals surface area contributed by atoms with E-state index in [9.17, 15) is 4.79 Å². The number of carbonyl (C=O) groups excluding carboxylic acids is 1. The molecule has 0 unspecified atom stereocenters. The van der Waals surface area contributed by atoms with E-state index in [2.05, 4.69) is 21.7 Å². The molecule has 2 aromatic carbocycles. The Morgan fingerprint density at radius 2 is 1.73 bits per heavy atom. The molecule has 0 radical (unpaired) electrons. The molecule has 0 atom stereocenters. The average Bonchev–Trinajstić information content (AvgIpc) is 2.61. The summed E-state index contributed by atoms with van der Waals surface area (Å²) in [6.45, 7) is 0. The first-order chi connectivity index (χ1) is 12.5. The van der Waals surface area contributed by atoms with Crippen LogP contribution >= 0.6 is 23.2 Å². The van der Waals surface area contributed by atoms with Crippen LogP contribution in [0.3, 0.4) is 0 Å². The van der Waals surface area contributed by atoms with Crippen molar-refractivity contribution in [2.24, 2.45) is 0 Å². The van der Waals surface area contributed by atoms with E-state index >= 15 is 0 Å². The predicted molar refractivity (Wildman–Crippen MR) is 103 cm³/mol. The maximum atomic E-state index is 12.4. The molecular weight excluding hydrogens is 371 g/mol. The zero-order valence-electron chi connectivity index (χ0n) is 13.3. The largest absolute Gasteiger partial charge is 0.354 e. The van der Waals surface area contributed by atoms with Gasteiger partial charge in [-0.25, -0.2) is 0 Å². The van der Waals surface area contributed by atoms with Gasteiger partial charge in [-0.15, -0.1) is 0 Å². The van der Waals surface area contributed by atoms with Gasteiger partial charge in [0.25, 0.3) is 5.91 Å². The summed E-state index contributed by atoms with van der Waals surface area (Å²) >= 11 is 11.9. The van der Waals surface area contributed by atoms with Gasteiger partial charge in [0.15, 0.2) is 0 Å². The first-order valence-electron chi connectivity index (χ1n) is 7.55. The number of rotatable bonds is 4. The van der Waals surface area contributed by atoms with Gasteiger partial charge in [-0.3, -0.25) is 9.78 Å². The molecule has 0 aliphatic carbocycles. The van der Waals surface area contributed by atoms with Crippen LogP contribution in [0, 0.1) is 11.3 Å². The fourth-order valence-electron chi connectivity index (χ4n) is 2.30. The van der Waals surface area contributed by atoms with Crippen LogP contribution in [0.2, 0.25) is 10.0 Å². The van der Waals surface area contributed by atoms with Gasteiger partial charge < -0.3 is 10.6 Å². The smallest absolute Gasteiger partial charge is 0.274 e. The summed E-state index contributed by atoms with van der Waals surface area (Å²) in [6, 6.07) is 17.3. The van der Waals surface area contributed by atoms with Crippen molar-refractivity contribution in [3.63, 3.8) is 0 Å². The van der Waals surface area contributed by atoms with Crippen LogP contribution in [-0.4, -0.2) is 10.9 Å². The van der Waals surface area contributed by atoms with Gasteiger partial charge in [0.1, 0.15) is 11.8 Å². The van der Waals surface area contributed by atoms with Gasteiger partial charge in [-0.2, -0.15) is 5.26 Å². The number of nitriles is 1. The molecule has 3 aromatic rings. The van der Waals surface area contributed by atoms with Crippen LogP contribution < -0.4 is 10.6 Å². The van der Waals surface area contributed by atoms with E-state index in [1.807, 2.05) is 6.07 Å². The summed E-state index contributed by atoms with van der Waals surface area (Å²) in [4.78, 5) is 16.5. The molecule has 0 spiro atoms. The quantitative estimate of drug-likeness (QED) is 0.645. The molecule has 1 aromatic heterocycles. The lowest BCUT2D eigenvalue weighted by atomic mass is 10.2. The van der Waals surface area contributed by atoms with E-state index in [1.165, 1.54) is 6.20 Å². The summed E-state index contributed by atoms with van der Waals surface area (Å²) in [7, 11) is 0. The number of amides is 1. The minimum Gasteiger partial charge on any atom is -0.354 e. The Morgan fingerprint density at radius 3 is 2.46 bits per heavy atom. The number of nitrogens with one attached hydrogen (secondary N) is 2. The van der Waals surface area contributed by atoms with Gasteiger partial charge in [0.05, 0.1) is 11.3 Å². The Labute approximate surface area is 160 Å². The van der Waals surface area contributed by atoms with E-state index in [0.29, 0.717) is 32.7 Å². The SMILES string of the molecule is N#Cc1ccccc1Nc1ccnc(C(=O)Nc2cc(Cl)cc(Cl)c2)c1. The maximum absolute atomic E-state index is 12.4. The van der Waals surface area contributed by atoms with Gasteiger partial charge in [0.2, 0.25) is 0 Å². The van der Waals surface area contributed by atoms with Crippen molar-refractivity contribution in [3.05, 3.63) is 82.1 Å². The molecule has 1 heterocycles. The summed E-state index contributed by atoms with van der Waals surface area (Å²) in [5.74, 6) is -0.402. The van der Waals surface area contributed by atoms with Crippen LogP contribution in [-0.2, 0) is 0 Å². The average molecular weight is 383 g/mol. The van der Waals surface area contributed by atoms with Crippen molar-refractivity contribution in [2.75, 3.05) is 10.6 Å². The van der Waals surface area contributed by atoms with Crippen molar-refractivity contribution in [2.45, 2.75) is 0 Å². The van der Waals surface area contributed by atoms with Crippen LogP contribution in [0.1, 0.15) is 16.1 Å². The standard InChI is InChI=1S/C19H12Cl2N4O/c20-13-7-14(21)9-16(8-13)25-19(26)18-10-15(5-6-23-18)24-17-4-2-1-3-12(17)11-22/h1-10H,(H,23,24)(H,25,26). The molecule has 26 heavy (non-hydrogen) atoms. The summed E-state index contributed by atoms with van der Waals surface area (Å²) in [6.07, 6.45) is 1.51. The van der Waals surface area contributed by atoms with E-state index in [1.54, 1.807) is 48.5 Å². The molecule has 0 saturated heterocycles. The van der Waals surface area contributed by atoms with Crippen molar-refractivity contribution in [3.8, 4) is 6.07 Å². The minimum absolute atomic E-state index is 0.209. The van der Waals surface area contributed by atoms with Crippen LogP contribution in [0.5, 0.6) is 0 Å². The van der Waals surface area contributed by atoms with Crippen molar-refractivity contribution >= 4 is 46.2 Å². The lowest BCUT2D eigenvalue weighted by Crippen LogP contribution is -2.13. The Kier molecular flexibility index (Phi) is 5.37. The zero-order valence-corrected chi connectivity index (χ0v) is 14.8. The van der Waals surface area contributed by atoms with Crippen LogP contribution in [0.4, 0.5) is 17.1 Å². The first kappa shape index (κ1) is 17.7. The Balaban J connectivity index is 1.80. The van der Waals surface area contributed by atoms with Crippen LogP contribution in [0.15, 0.2) is 60.8 Å². The zero-order chi connectivity index (χ0) is 18.5. The molecule has 5 nitrogen and oxygen atoms in total. The number of benzene rings is 2. The predicted octanol–water partition coefficient (Wildman–Crippen LogP) is 5.26. The molecule has 7 heteroatoms. The maximum Gasteiger partial charge on any atom is 0.274 e. The molecule has 0 fully saturated rings. The summed E-state index contributed by atoms with van der Waals surface area (Å²) < 4.78 is 0. The third-order valence-corrected chi connectivity index (χ3v) is 3.88.